The zero-order valence-corrected chi connectivity index (χ0v) is 18.8. The van der Waals surface area contributed by atoms with Crippen LogP contribution in [-0.4, -0.2) is 0 Å². The highest BCUT2D eigenvalue weighted by Crippen LogP contribution is 2.42. The van der Waals surface area contributed by atoms with E-state index < -0.39 is 0 Å². The minimum Gasteiger partial charge on any atom is -0.0622 e. The maximum absolute atomic E-state index is 2.38. The Morgan fingerprint density at radius 2 is 1.06 bits per heavy atom. The first kappa shape index (κ1) is 19.1. The first-order chi connectivity index (χ1) is 15.5. The molecule has 0 N–H and O–H groups in total. The molecule has 154 valence electrons. The van der Waals surface area contributed by atoms with Gasteiger partial charge in [0, 0.05) is 0 Å². The fourth-order valence-corrected chi connectivity index (χ4v) is 5.07. The van der Waals surface area contributed by atoms with Gasteiger partial charge in [-0.3, -0.25) is 0 Å². The molecule has 6 aromatic carbocycles. The zero-order chi connectivity index (χ0) is 21.9. The van der Waals surface area contributed by atoms with E-state index in [0.717, 1.165) is 0 Å². The van der Waals surface area contributed by atoms with E-state index in [0.29, 0.717) is 0 Å². The highest BCUT2D eigenvalue weighted by Gasteiger charge is 2.18. The van der Waals surface area contributed by atoms with Crippen LogP contribution in [0.4, 0.5) is 0 Å². The van der Waals surface area contributed by atoms with Gasteiger partial charge >= 0.3 is 0 Å². The van der Waals surface area contributed by atoms with Crippen molar-refractivity contribution in [2.75, 3.05) is 0 Å². The van der Waals surface area contributed by atoms with Crippen LogP contribution in [0.15, 0.2) is 103 Å². The summed E-state index contributed by atoms with van der Waals surface area (Å²) in [5.74, 6) is 0. The molecule has 0 spiro atoms. The quantitative estimate of drug-likeness (QED) is 0.250. The fraction of sp³-hybridized carbons (Fsp3) is 0.125. The average molecular weight is 411 g/mol. The summed E-state index contributed by atoms with van der Waals surface area (Å²) >= 11 is 0. The standard InChI is InChI=1S/C32H26/c1-32(2,3)25-19-23-14-13-22-15-17-28(29-18-16-24(20-25)30(23)31(22)29)27-12-8-7-11-26(27)21-9-5-4-6-10-21/h4-20H,1-3H3. The normalized spacial score (nSPS) is 12.2. The largest absolute Gasteiger partial charge is 0.0622 e. The third kappa shape index (κ3) is 2.91. The predicted octanol–water partition coefficient (Wildman–Crippen LogP) is 9.22. The summed E-state index contributed by atoms with van der Waals surface area (Å²) < 4.78 is 0. The van der Waals surface area contributed by atoms with Gasteiger partial charge in [0.05, 0.1) is 0 Å². The lowest BCUT2D eigenvalue weighted by atomic mass is 9.82. The van der Waals surface area contributed by atoms with Gasteiger partial charge < -0.3 is 0 Å². The highest BCUT2D eigenvalue weighted by molar-refractivity contribution is 6.26. The summed E-state index contributed by atoms with van der Waals surface area (Å²) in [5.41, 5.74) is 6.63. The molecule has 0 unspecified atom stereocenters. The number of hydrogen-bond donors (Lipinski definition) is 0. The van der Waals surface area contributed by atoms with Gasteiger partial charge in [-0.1, -0.05) is 124 Å². The molecule has 6 aromatic rings. The van der Waals surface area contributed by atoms with Crippen LogP contribution in [-0.2, 0) is 5.41 Å². The Balaban J connectivity index is 1.68. The summed E-state index contributed by atoms with van der Waals surface area (Å²) in [5, 5.41) is 8.06. The topological polar surface area (TPSA) is 0 Å². The van der Waals surface area contributed by atoms with E-state index in [4.69, 9.17) is 0 Å². The second-order valence-corrected chi connectivity index (χ2v) is 9.85. The highest BCUT2D eigenvalue weighted by atomic mass is 14.2. The summed E-state index contributed by atoms with van der Waals surface area (Å²) in [4.78, 5) is 0. The van der Waals surface area contributed by atoms with E-state index in [2.05, 4.69) is 124 Å². The van der Waals surface area contributed by atoms with Crippen LogP contribution in [0.1, 0.15) is 26.3 Å². The third-order valence-corrected chi connectivity index (χ3v) is 6.77. The van der Waals surface area contributed by atoms with Crippen LogP contribution in [0.3, 0.4) is 0 Å². The maximum Gasteiger partial charge on any atom is -0.00206 e. The lowest BCUT2D eigenvalue weighted by molar-refractivity contribution is 0.591. The zero-order valence-electron chi connectivity index (χ0n) is 18.8. The summed E-state index contributed by atoms with van der Waals surface area (Å²) in [7, 11) is 0. The molecule has 0 amide bonds. The van der Waals surface area contributed by atoms with Gasteiger partial charge in [-0.25, -0.2) is 0 Å². The molecular weight excluding hydrogens is 384 g/mol. The lowest BCUT2D eigenvalue weighted by Gasteiger charge is -2.22. The Bertz CT molecular complexity index is 1560. The van der Waals surface area contributed by atoms with E-state index in [1.807, 2.05) is 0 Å². The molecule has 0 nitrogen and oxygen atoms in total. The molecular formula is C32H26. The second kappa shape index (κ2) is 6.93. The predicted molar refractivity (Wildman–Crippen MR) is 140 cm³/mol. The minimum absolute atomic E-state index is 0.129. The fourth-order valence-electron chi connectivity index (χ4n) is 5.07. The van der Waals surface area contributed by atoms with E-state index in [1.165, 1.54) is 60.1 Å². The van der Waals surface area contributed by atoms with Crippen molar-refractivity contribution in [2.24, 2.45) is 0 Å². The molecule has 0 saturated heterocycles. The minimum atomic E-state index is 0.129. The molecule has 0 fully saturated rings. The molecule has 6 rings (SSSR count). The van der Waals surface area contributed by atoms with Crippen molar-refractivity contribution < 1.29 is 0 Å². The van der Waals surface area contributed by atoms with E-state index >= 15 is 0 Å². The molecule has 0 aromatic heterocycles. The monoisotopic (exact) mass is 410 g/mol. The van der Waals surface area contributed by atoms with Gasteiger partial charge in [-0.2, -0.15) is 0 Å². The third-order valence-electron chi connectivity index (χ3n) is 6.77. The molecule has 0 atom stereocenters. The van der Waals surface area contributed by atoms with Crippen molar-refractivity contribution in [1.82, 2.24) is 0 Å². The Kier molecular flexibility index (Phi) is 4.13. The molecule has 0 aliphatic heterocycles. The molecule has 32 heavy (non-hydrogen) atoms. The van der Waals surface area contributed by atoms with Crippen LogP contribution < -0.4 is 0 Å². The van der Waals surface area contributed by atoms with Crippen LogP contribution in [0.25, 0.3) is 54.6 Å². The maximum atomic E-state index is 2.38. The van der Waals surface area contributed by atoms with Crippen LogP contribution in [0.5, 0.6) is 0 Å². The average Bonchev–Trinajstić information content (AvgIpc) is 2.82. The molecule has 0 aliphatic rings. The van der Waals surface area contributed by atoms with Crippen molar-refractivity contribution >= 4 is 32.3 Å². The lowest BCUT2D eigenvalue weighted by Crippen LogP contribution is -2.10. The van der Waals surface area contributed by atoms with Crippen molar-refractivity contribution in [3.63, 3.8) is 0 Å². The van der Waals surface area contributed by atoms with Gasteiger partial charge in [0.15, 0.2) is 0 Å². The molecule has 0 heteroatoms. The molecule has 0 aliphatic carbocycles. The molecule has 0 bridgehead atoms. The van der Waals surface area contributed by atoms with Gasteiger partial charge in [0.2, 0.25) is 0 Å². The van der Waals surface area contributed by atoms with Crippen molar-refractivity contribution in [3.8, 4) is 22.3 Å². The number of rotatable bonds is 2. The van der Waals surface area contributed by atoms with Gasteiger partial charge in [0.25, 0.3) is 0 Å². The van der Waals surface area contributed by atoms with Crippen molar-refractivity contribution in [3.05, 3.63) is 109 Å². The Hall–Kier alpha value is -3.64. The van der Waals surface area contributed by atoms with Gasteiger partial charge in [-0.05, 0) is 65.5 Å². The molecule has 0 heterocycles. The first-order valence-corrected chi connectivity index (χ1v) is 11.4. The smallest absolute Gasteiger partial charge is 0.00206 e. The van der Waals surface area contributed by atoms with Gasteiger partial charge in [-0.15, -0.1) is 0 Å². The summed E-state index contributed by atoms with van der Waals surface area (Å²) in [6, 6.07) is 38.0. The molecule has 0 radical (unpaired) electrons. The van der Waals surface area contributed by atoms with Gasteiger partial charge in [0.1, 0.15) is 0 Å². The Morgan fingerprint density at radius 3 is 1.78 bits per heavy atom. The first-order valence-electron chi connectivity index (χ1n) is 11.4. The number of hydrogen-bond acceptors (Lipinski definition) is 0. The summed E-state index contributed by atoms with van der Waals surface area (Å²) in [6.07, 6.45) is 0. The van der Waals surface area contributed by atoms with Crippen molar-refractivity contribution in [2.45, 2.75) is 26.2 Å². The Morgan fingerprint density at radius 1 is 0.469 bits per heavy atom. The van der Waals surface area contributed by atoms with Crippen LogP contribution in [0.2, 0.25) is 0 Å². The Labute approximate surface area is 189 Å². The SMILES string of the molecule is CC(C)(C)c1cc2ccc3ccc(-c4ccccc4-c4ccccc4)c4ccc(c1)c2c34. The van der Waals surface area contributed by atoms with E-state index in [1.54, 1.807) is 0 Å². The molecule has 0 saturated carbocycles. The summed E-state index contributed by atoms with van der Waals surface area (Å²) in [6.45, 7) is 6.87. The van der Waals surface area contributed by atoms with Crippen LogP contribution in [0, 0.1) is 0 Å². The number of benzene rings is 6. The van der Waals surface area contributed by atoms with E-state index in [9.17, 15) is 0 Å². The van der Waals surface area contributed by atoms with Crippen LogP contribution >= 0.6 is 0 Å². The van der Waals surface area contributed by atoms with Crippen molar-refractivity contribution in [1.29, 1.82) is 0 Å². The van der Waals surface area contributed by atoms with E-state index in [-0.39, 0.29) is 5.41 Å². The second-order valence-electron chi connectivity index (χ2n) is 9.85.